The fraction of sp³-hybridized carbons (Fsp3) is 0.333. The van der Waals surface area contributed by atoms with Crippen molar-refractivity contribution in [1.29, 1.82) is 0 Å². The molecule has 1 atom stereocenters. The van der Waals surface area contributed by atoms with Crippen LogP contribution in [0, 0.1) is 13.8 Å². The van der Waals surface area contributed by atoms with Gasteiger partial charge in [-0.3, -0.25) is 10.8 Å². The van der Waals surface area contributed by atoms with Crippen LogP contribution in [-0.2, 0) is 6.18 Å². The number of nitrogens with two attached hydrogens (primary N) is 1. The van der Waals surface area contributed by atoms with Crippen molar-refractivity contribution in [2.45, 2.75) is 26.1 Å². The average Bonchev–Trinajstić information content (AvgIpc) is 2.82. The van der Waals surface area contributed by atoms with E-state index in [0.29, 0.717) is 16.2 Å². The summed E-state index contributed by atoms with van der Waals surface area (Å²) in [5, 5.41) is -0.884. The van der Waals surface area contributed by atoms with Gasteiger partial charge >= 0.3 is 6.18 Å². The van der Waals surface area contributed by atoms with E-state index in [4.69, 9.17) is 5.84 Å². The number of pyridine rings is 1. The molecule has 1 unspecified atom stereocenters. The van der Waals surface area contributed by atoms with Gasteiger partial charge in [0.25, 0.3) is 0 Å². The van der Waals surface area contributed by atoms with Crippen LogP contribution in [0.3, 0.4) is 0 Å². The lowest BCUT2D eigenvalue weighted by Crippen LogP contribution is -2.29. The molecule has 0 aliphatic heterocycles. The molecule has 0 bridgehead atoms. The SMILES string of the molecule is Cc1ccc(C(NN)c2cnc(C(F)(F)F)s2)c(C)n1. The first-order valence-corrected chi connectivity index (χ1v) is 6.57. The van der Waals surface area contributed by atoms with Crippen molar-refractivity contribution in [3.63, 3.8) is 0 Å². The molecule has 0 spiro atoms. The van der Waals surface area contributed by atoms with Gasteiger partial charge in [-0.15, -0.1) is 11.3 Å². The molecule has 3 N–H and O–H groups in total. The maximum atomic E-state index is 12.6. The molecule has 0 fully saturated rings. The van der Waals surface area contributed by atoms with Gasteiger partial charge in [-0.1, -0.05) is 6.07 Å². The van der Waals surface area contributed by atoms with E-state index in [2.05, 4.69) is 15.4 Å². The summed E-state index contributed by atoms with van der Waals surface area (Å²) < 4.78 is 37.8. The molecule has 20 heavy (non-hydrogen) atoms. The Morgan fingerprint density at radius 1 is 1.30 bits per heavy atom. The van der Waals surface area contributed by atoms with Crippen LogP contribution in [0.25, 0.3) is 0 Å². The highest BCUT2D eigenvalue weighted by molar-refractivity contribution is 7.11. The largest absolute Gasteiger partial charge is 0.443 e. The van der Waals surface area contributed by atoms with E-state index in [-0.39, 0.29) is 0 Å². The molecule has 0 aliphatic rings. The van der Waals surface area contributed by atoms with Crippen molar-refractivity contribution >= 4 is 11.3 Å². The molecule has 0 saturated carbocycles. The highest BCUT2D eigenvalue weighted by Crippen LogP contribution is 2.36. The molecule has 0 saturated heterocycles. The summed E-state index contributed by atoms with van der Waals surface area (Å²) in [6.45, 7) is 3.63. The van der Waals surface area contributed by atoms with Crippen LogP contribution in [0.1, 0.15) is 32.9 Å². The lowest BCUT2D eigenvalue weighted by molar-refractivity contribution is -0.137. The molecule has 108 valence electrons. The first-order chi connectivity index (χ1) is 9.32. The van der Waals surface area contributed by atoms with Crippen molar-refractivity contribution in [2.75, 3.05) is 0 Å². The van der Waals surface area contributed by atoms with Gasteiger partial charge in [0.1, 0.15) is 0 Å². The summed E-state index contributed by atoms with van der Waals surface area (Å²) in [7, 11) is 0. The second-order valence-electron chi connectivity index (χ2n) is 4.29. The minimum absolute atomic E-state index is 0.397. The number of nitrogens with zero attached hydrogens (tertiary/aromatic N) is 2. The molecule has 8 heteroatoms. The maximum absolute atomic E-state index is 12.6. The zero-order valence-electron chi connectivity index (χ0n) is 10.8. The van der Waals surface area contributed by atoms with Gasteiger partial charge in [-0.05, 0) is 25.5 Å². The molecule has 2 rings (SSSR count). The van der Waals surface area contributed by atoms with Crippen molar-refractivity contribution in [2.24, 2.45) is 5.84 Å². The Labute approximate surface area is 117 Å². The summed E-state index contributed by atoms with van der Waals surface area (Å²) in [6.07, 6.45) is -3.25. The third-order valence-electron chi connectivity index (χ3n) is 2.79. The topological polar surface area (TPSA) is 63.8 Å². The number of thiazole rings is 1. The fourth-order valence-corrected chi connectivity index (χ4v) is 2.74. The number of rotatable bonds is 3. The van der Waals surface area contributed by atoms with E-state index in [0.717, 1.165) is 17.0 Å². The van der Waals surface area contributed by atoms with Crippen LogP contribution in [0.4, 0.5) is 13.2 Å². The van der Waals surface area contributed by atoms with Gasteiger partial charge in [0.05, 0.1) is 6.04 Å². The van der Waals surface area contributed by atoms with E-state index >= 15 is 0 Å². The minimum atomic E-state index is -4.44. The van der Waals surface area contributed by atoms with Crippen LogP contribution in [0.2, 0.25) is 0 Å². The van der Waals surface area contributed by atoms with Crippen molar-refractivity contribution in [1.82, 2.24) is 15.4 Å². The smallest absolute Gasteiger partial charge is 0.271 e. The number of halogens is 3. The van der Waals surface area contributed by atoms with Crippen LogP contribution in [0.5, 0.6) is 0 Å². The Kier molecular flexibility index (Phi) is 4.07. The molecule has 2 aromatic heterocycles. The second-order valence-corrected chi connectivity index (χ2v) is 5.35. The van der Waals surface area contributed by atoms with E-state index in [9.17, 15) is 13.2 Å². The van der Waals surface area contributed by atoms with Gasteiger partial charge in [0.2, 0.25) is 0 Å². The summed E-state index contributed by atoms with van der Waals surface area (Å²) >= 11 is 0.574. The first-order valence-electron chi connectivity index (χ1n) is 5.76. The fourth-order valence-electron chi connectivity index (χ4n) is 1.88. The van der Waals surface area contributed by atoms with E-state index in [1.165, 1.54) is 6.20 Å². The van der Waals surface area contributed by atoms with Crippen molar-refractivity contribution < 1.29 is 13.2 Å². The number of nitrogens with one attached hydrogen (secondary N) is 1. The average molecular weight is 302 g/mol. The Hall–Kier alpha value is -1.51. The predicted molar refractivity (Wildman–Crippen MR) is 70.0 cm³/mol. The number of hydrogen-bond donors (Lipinski definition) is 2. The molecule has 2 heterocycles. The highest BCUT2D eigenvalue weighted by Gasteiger charge is 2.35. The first kappa shape index (κ1) is 14.9. The predicted octanol–water partition coefficient (Wildman–Crippen LogP) is 2.73. The van der Waals surface area contributed by atoms with Gasteiger partial charge in [0.15, 0.2) is 5.01 Å². The Morgan fingerprint density at radius 2 is 2.00 bits per heavy atom. The lowest BCUT2D eigenvalue weighted by atomic mass is 10.0. The molecule has 0 amide bonds. The molecule has 4 nitrogen and oxygen atoms in total. The second kappa shape index (κ2) is 5.47. The van der Waals surface area contributed by atoms with Crippen molar-refractivity contribution in [3.8, 4) is 0 Å². The van der Waals surface area contributed by atoms with Crippen LogP contribution in [0.15, 0.2) is 18.3 Å². The molecule has 0 aromatic carbocycles. The Bertz CT molecular complexity index is 609. The van der Waals surface area contributed by atoms with Crippen LogP contribution >= 0.6 is 11.3 Å². The highest BCUT2D eigenvalue weighted by atomic mass is 32.1. The zero-order chi connectivity index (χ0) is 14.9. The van der Waals surface area contributed by atoms with E-state index in [1.54, 1.807) is 19.1 Å². The van der Waals surface area contributed by atoms with Crippen LogP contribution < -0.4 is 11.3 Å². The molecular formula is C12H13F3N4S. The summed E-state index contributed by atoms with van der Waals surface area (Å²) in [5.41, 5.74) is 4.81. The standard InChI is InChI=1S/C12H13F3N4S/c1-6-3-4-8(7(2)18-6)10(19-16)9-5-17-11(20-9)12(13,14)15/h3-5,10,19H,16H2,1-2H3. The van der Waals surface area contributed by atoms with Gasteiger partial charge in [-0.25, -0.2) is 10.4 Å². The lowest BCUT2D eigenvalue weighted by Gasteiger charge is -2.16. The maximum Gasteiger partial charge on any atom is 0.443 e. The summed E-state index contributed by atoms with van der Waals surface area (Å²) in [4.78, 5) is 8.09. The third-order valence-corrected chi connectivity index (χ3v) is 3.90. The number of hydrogen-bond acceptors (Lipinski definition) is 5. The van der Waals surface area contributed by atoms with Crippen LogP contribution in [-0.4, -0.2) is 9.97 Å². The van der Waals surface area contributed by atoms with Gasteiger partial charge < -0.3 is 0 Å². The Balaban J connectivity index is 2.40. The summed E-state index contributed by atoms with van der Waals surface area (Å²) in [5.74, 6) is 5.48. The monoisotopic (exact) mass is 302 g/mol. The van der Waals surface area contributed by atoms with E-state index < -0.39 is 17.2 Å². The normalized spacial score (nSPS) is 13.5. The number of aryl methyl sites for hydroxylation is 2. The number of aromatic nitrogens is 2. The number of alkyl halides is 3. The minimum Gasteiger partial charge on any atom is -0.271 e. The molecule has 0 radical (unpaired) electrons. The third kappa shape index (κ3) is 2.97. The molecule has 0 aliphatic carbocycles. The molecular weight excluding hydrogens is 289 g/mol. The quantitative estimate of drug-likeness (QED) is 0.676. The van der Waals surface area contributed by atoms with Crippen molar-refractivity contribution in [3.05, 3.63) is 45.2 Å². The van der Waals surface area contributed by atoms with Gasteiger partial charge in [0, 0.05) is 22.5 Å². The molecule has 2 aromatic rings. The van der Waals surface area contributed by atoms with E-state index in [1.807, 2.05) is 6.92 Å². The number of hydrazine groups is 1. The zero-order valence-corrected chi connectivity index (χ0v) is 11.6. The van der Waals surface area contributed by atoms with Gasteiger partial charge in [-0.2, -0.15) is 13.2 Å². The Morgan fingerprint density at radius 3 is 2.50 bits per heavy atom. The summed E-state index contributed by atoms with van der Waals surface area (Å²) in [6, 6.07) is 3.03.